The summed E-state index contributed by atoms with van der Waals surface area (Å²) >= 11 is 7.76. The molecule has 1 aromatic heterocycles. The summed E-state index contributed by atoms with van der Waals surface area (Å²) in [5.41, 5.74) is 2.31. The molecule has 1 unspecified atom stereocenters. The van der Waals surface area contributed by atoms with Crippen molar-refractivity contribution in [2.75, 3.05) is 18.4 Å². The van der Waals surface area contributed by atoms with Crippen LogP contribution in [0, 0.1) is 5.92 Å². The molecule has 2 heterocycles. The number of fused-ring (bicyclic) bond motifs is 1. The first-order chi connectivity index (χ1) is 11.2. The van der Waals surface area contributed by atoms with Crippen LogP contribution in [0.1, 0.15) is 29.3 Å². The predicted molar refractivity (Wildman–Crippen MR) is 94.3 cm³/mol. The van der Waals surface area contributed by atoms with Gasteiger partial charge in [0.1, 0.15) is 6.04 Å². The minimum absolute atomic E-state index is 0.0895. The van der Waals surface area contributed by atoms with Gasteiger partial charge in [0.2, 0.25) is 0 Å². The number of halogens is 1. The summed E-state index contributed by atoms with van der Waals surface area (Å²) < 4.78 is 0. The van der Waals surface area contributed by atoms with Crippen molar-refractivity contribution < 1.29 is 9.69 Å². The van der Waals surface area contributed by atoms with Crippen molar-refractivity contribution in [1.29, 1.82) is 0 Å². The van der Waals surface area contributed by atoms with Crippen molar-refractivity contribution in [2.24, 2.45) is 5.92 Å². The largest absolute Gasteiger partial charge is 0.321 e. The fraction of sp³-hybridized carbons (Fsp3) is 0.389. The molecule has 2 atom stereocenters. The Morgan fingerprint density at radius 2 is 2.04 bits per heavy atom. The molecule has 1 aliphatic heterocycles. The third kappa shape index (κ3) is 3.30. The van der Waals surface area contributed by atoms with E-state index in [1.807, 2.05) is 23.5 Å². The van der Waals surface area contributed by atoms with Crippen molar-refractivity contribution in [3.63, 3.8) is 0 Å². The number of carbonyl (C=O) groups is 1. The highest BCUT2D eigenvalue weighted by Gasteiger charge is 2.43. The molecule has 2 aromatic rings. The van der Waals surface area contributed by atoms with E-state index in [2.05, 4.69) is 16.8 Å². The van der Waals surface area contributed by atoms with E-state index in [-0.39, 0.29) is 5.91 Å². The van der Waals surface area contributed by atoms with Gasteiger partial charge in [0.25, 0.3) is 5.91 Å². The number of hydrogen-bond acceptors (Lipinski definition) is 2. The van der Waals surface area contributed by atoms with Crippen molar-refractivity contribution in [1.82, 2.24) is 0 Å². The van der Waals surface area contributed by atoms with E-state index in [1.54, 1.807) is 12.1 Å². The second-order valence-corrected chi connectivity index (χ2v) is 7.94. The third-order valence-corrected chi connectivity index (χ3v) is 6.09. The number of amides is 1. The summed E-state index contributed by atoms with van der Waals surface area (Å²) in [6.45, 7) is 1.60. The summed E-state index contributed by atoms with van der Waals surface area (Å²) in [7, 11) is 0. The molecule has 2 aliphatic rings. The predicted octanol–water partition coefficient (Wildman–Crippen LogP) is 2.93. The Morgan fingerprint density at radius 3 is 2.78 bits per heavy atom. The summed E-state index contributed by atoms with van der Waals surface area (Å²) in [6, 6.07) is 10.1. The number of carbonyl (C=O) groups excluding carboxylic acids is 1. The molecular formula is C18H20ClN2OS+. The van der Waals surface area contributed by atoms with Gasteiger partial charge in [-0.3, -0.25) is 4.79 Å². The number of quaternary nitrogens is 1. The highest BCUT2D eigenvalue weighted by Crippen LogP contribution is 2.42. The van der Waals surface area contributed by atoms with Gasteiger partial charge in [0, 0.05) is 33.5 Å². The maximum atomic E-state index is 12.4. The lowest BCUT2D eigenvalue weighted by molar-refractivity contribution is -0.928. The number of thiophene rings is 1. The molecule has 5 heteroatoms. The molecular weight excluding hydrogens is 328 g/mol. The van der Waals surface area contributed by atoms with Crippen LogP contribution < -0.4 is 10.2 Å². The average molecular weight is 348 g/mol. The van der Waals surface area contributed by atoms with Gasteiger partial charge in [0.05, 0.1) is 6.54 Å². The second-order valence-electron chi connectivity index (χ2n) is 6.50. The van der Waals surface area contributed by atoms with Gasteiger partial charge in [-0.15, -0.1) is 11.3 Å². The summed E-state index contributed by atoms with van der Waals surface area (Å²) in [6.07, 6.45) is 3.71. The van der Waals surface area contributed by atoms with E-state index in [9.17, 15) is 4.79 Å². The molecule has 1 saturated carbocycles. The van der Waals surface area contributed by atoms with E-state index in [0.717, 1.165) is 24.6 Å². The van der Waals surface area contributed by atoms with E-state index in [0.29, 0.717) is 17.6 Å². The van der Waals surface area contributed by atoms with Gasteiger partial charge in [-0.25, -0.2) is 0 Å². The van der Waals surface area contributed by atoms with E-state index in [4.69, 9.17) is 11.6 Å². The zero-order valence-corrected chi connectivity index (χ0v) is 14.4. The fourth-order valence-electron chi connectivity index (χ4n) is 3.64. The lowest BCUT2D eigenvalue weighted by Gasteiger charge is -2.32. The van der Waals surface area contributed by atoms with Crippen LogP contribution in [0.5, 0.6) is 0 Å². The zero-order chi connectivity index (χ0) is 15.8. The molecule has 0 radical (unpaired) electrons. The van der Waals surface area contributed by atoms with Gasteiger partial charge >= 0.3 is 0 Å². The summed E-state index contributed by atoms with van der Waals surface area (Å²) in [5, 5.41) is 5.89. The normalized spacial score (nSPS) is 23.3. The monoisotopic (exact) mass is 347 g/mol. The van der Waals surface area contributed by atoms with Crippen LogP contribution in [-0.2, 0) is 11.2 Å². The molecule has 2 N–H and O–H groups in total. The Labute approximate surface area is 145 Å². The van der Waals surface area contributed by atoms with Crippen LogP contribution >= 0.6 is 22.9 Å². The molecule has 0 spiro atoms. The molecule has 0 bridgehead atoms. The van der Waals surface area contributed by atoms with Gasteiger partial charge in [0.15, 0.2) is 6.54 Å². The maximum absolute atomic E-state index is 12.4. The molecule has 23 heavy (non-hydrogen) atoms. The number of rotatable bonds is 4. The van der Waals surface area contributed by atoms with Gasteiger partial charge in [-0.1, -0.05) is 11.6 Å². The SMILES string of the molecule is O=C(C[NH+]1CCc2sccc2[C@H]1C1CC1)Nc1ccc(Cl)cc1. The Bertz CT molecular complexity index is 708. The Kier molecular flexibility index (Phi) is 4.14. The average Bonchev–Trinajstić information content (AvgIpc) is 3.26. The first kappa shape index (κ1) is 15.2. The lowest BCUT2D eigenvalue weighted by Crippen LogP contribution is -3.14. The van der Waals surface area contributed by atoms with E-state index < -0.39 is 0 Å². The topological polar surface area (TPSA) is 33.5 Å². The quantitative estimate of drug-likeness (QED) is 0.876. The summed E-state index contributed by atoms with van der Waals surface area (Å²) in [5.74, 6) is 0.855. The van der Waals surface area contributed by atoms with Crippen LogP contribution in [0.2, 0.25) is 5.02 Å². The van der Waals surface area contributed by atoms with Crippen molar-refractivity contribution in [2.45, 2.75) is 25.3 Å². The van der Waals surface area contributed by atoms with Crippen molar-refractivity contribution in [3.8, 4) is 0 Å². The van der Waals surface area contributed by atoms with Gasteiger partial charge < -0.3 is 10.2 Å². The molecule has 4 rings (SSSR count). The van der Waals surface area contributed by atoms with E-state index >= 15 is 0 Å². The maximum Gasteiger partial charge on any atom is 0.279 e. The smallest absolute Gasteiger partial charge is 0.279 e. The molecule has 1 fully saturated rings. The number of benzene rings is 1. The Hall–Kier alpha value is -1.36. The van der Waals surface area contributed by atoms with Crippen LogP contribution in [0.25, 0.3) is 0 Å². The number of hydrogen-bond donors (Lipinski definition) is 2. The minimum atomic E-state index is 0.0895. The lowest BCUT2D eigenvalue weighted by atomic mass is 9.96. The molecule has 120 valence electrons. The van der Waals surface area contributed by atoms with Gasteiger partial charge in [-0.2, -0.15) is 0 Å². The minimum Gasteiger partial charge on any atom is -0.321 e. The molecule has 1 aliphatic carbocycles. The molecule has 0 saturated heterocycles. The molecule has 1 amide bonds. The van der Waals surface area contributed by atoms with Crippen LogP contribution in [0.4, 0.5) is 5.69 Å². The third-order valence-electron chi connectivity index (χ3n) is 4.84. The van der Waals surface area contributed by atoms with Crippen molar-refractivity contribution >= 4 is 34.5 Å². The Balaban J connectivity index is 1.45. The van der Waals surface area contributed by atoms with Crippen LogP contribution in [-0.4, -0.2) is 19.0 Å². The Morgan fingerprint density at radius 1 is 1.26 bits per heavy atom. The number of anilines is 1. The highest BCUT2D eigenvalue weighted by molar-refractivity contribution is 7.10. The number of nitrogens with one attached hydrogen (secondary N) is 2. The van der Waals surface area contributed by atoms with E-state index in [1.165, 1.54) is 28.2 Å². The highest BCUT2D eigenvalue weighted by atomic mass is 35.5. The first-order valence-electron chi connectivity index (χ1n) is 8.17. The second kappa shape index (κ2) is 6.27. The fourth-order valence-corrected chi connectivity index (χ4v) is 4.70. The standard InChI is InChI=1S/C18H19ClN2OS/c19-13-3-5-14(6-4-13)20-17(22)11-21-9-7-16-15(8-10-23-16)18(21)12-1-2-12/h3-6,8,10,12,18H,1-2,7,9,11H2,(H,20,22)/p+1/t18-/m1/s1. The molecule has 3 nitrogen and oxygen atoms in total. The van der Waals surface area contributed by atoms with Crippen LogP contribution in [0.3, 0.4) is 0 Å². The van der Waals surface area contributed by atoms with Crippen LogP contribution in [0.15, 0.2) is 35.7 Å². The molecule has 1 aromatic carbocycles. The zero-order valence-electron chi connectivity index (χ0n) is 12.8. The summed E-state index contributed by atoms with van der Waals surface area (Å²) in [4.78, 5) is 15.4. The van der Waals surface area contributed by atoms with Crippen molar-refractivity contribution in [3.05, 3.63) is 51.2 Å². The first-order valence-corrected chi connectivity index (χ1v) is 9.43. The van der Waals surface area contributed by atoms with Gasteiger partial charge in [-0.05, 0) is 48.6 Å².